The molecule has 4 amide bonds. The summed E-state index contributed by atoms with van der Waals surface area (Å²) < 4.78 is 17.9. The van der Waals surface area contributed by atoms with Gasteiger partial charge in [0, 0.05) is 6.42 Å². The average Bonchev–Trinajstić information content (AvgIpc) is 2.98. The number of carbonyl (C=O) groups excluding carboxylic acids is 6. The van der Waals surface area contributed by atoms with E-state index < -0.39 is 104 Å². The molecule has 17 heteroatoms. The van der Waals surface area contributed by atoms with Gasteiger partial charge >= 0.3 is 18.0 Å². The van der Waals surface area contributed by atoms with E-state index in [9.17, 15) is 47.9 Å². The fraction of sp³-hybridized carbons (Fsp3) is 0.517. The number of aliphatic hydroxyl groups excluding tert-OH is 1. The van der Waals surface area contributed by atoms with Crippen LogP contribution in [0.4, 0.5) is 9.18 Å². The number of halogens is 1. The Morgan fingerprint density at radius 3 is 1.89 bits per heavy atom. The number of nitrogens with one attached hydrogen (secondary N) is 4. The van der Waals surface area contributed by atoms with Crippen LogP contribution in [0.1, 0.15) is 52.0 Å². The van der Waals surface area contributed by atoms with Crippen LogP contribution in [0.2, 0.25) is 0 Å². The van der Waals surface area contributed by atoms with Crippen molar-refractivity contribution in [1.82, 2.24) is 21.3 Å². The molecule has 0 aliphatic heterocycles. The number of alkyl halides is 1. The predicted molar refractivity (Wildman–Crippen MR) is 156 cm³/mol. The number of rotatable bonds is 20. The molecule has 0 saturated carbocycles. The number of aliphatic hydroxyl groups is 1. The highest BCUT2D eigenvalue weighted by molar-refractivity contribution is 6.40. The van der Waals surface area contributed by atoms with Crippen LogP contribution in [0.5, 0.6) is 0 Å². The van der Waals surface area contributed by atoms with Crippen molar-refractivity contribution in [3.63, 3.8) is 0 Å². The third-order valence-electron chi connectivity index (χ3n) is 6.28. The van der Waals surface area contributed by atoms with Crippen molar-refractivity contribution in [1.29, 1.82) is 0 Å². The van der Waals surface area contributed by atoms with Crippen LogP contribution in [-0.4, -0.2) is 99.6 Å². The van der Waals surface area contributed by atoms with E-state index in [0.717, 1.165) is 6.92 Å². The molecule has 46 heavy (non-hydrogen) atoms. The molecule has 0 spiro atoms. The number of carboxylic acids is 2. The van der Waals surface area contributed by atoms with Crippen molar-refractivity contribution >= 4 is 47.3 Å². The molecule has 254 valence electrons. The zero-order valence-corrected chi connectivity index (χ0v) is 25.5. The molecule has 1 rings (SSSR count). The number of ether oxygens (including phenoxy) is 1. The van der Waals surface area contributed by atoms with Crippen LogP contribution in [0.25, 0.3) is 0 Å². The van der Waals surface area contributed by atoms with Crippen molar-refractivity contribution < 1.29 is 62.8 Å². The Bertz CT molecular complexity index is 1260. The van der Waals surface area contributed by atoms with Gasteiger partial charge in [0.15, 0.2) is 6.67 Å². The summed E-state index contributed by atoms with van der Waals surface area (Å²) >= 11 is 0. The Morgan fingerprint density at radius 1 is 0.783 bits per heavy atom. The number of hydrogen-bond acceptors (Lipinski definition) is 10. The summed E-state index contributed by atoms with van der Waals surface area (Å²) in [6.45, 7) is 2.68. The van der Waals surface area contributed by atoms with E-state index >= 15 is 0 Å². The molecule has 0 aromatic heterocycles. The van der Waals surface area contributed by atoms with Crippen molar-refractivity contribution in [3.05, 3.63) is 35.9 Å². The predicted octanol–water partition coefficient (Wildman–Crippen LogP) is -0.390. The highest BCUT2D eigenvalue weighted by Gasteiger charge is 2.35. The molecule has 0 fully saturated rings. The van der Waals surface area contributed by atoms with Gasteiger partial charge in [-0.05, 0) is 31.2 Å². The number of ketones is 2. The first-order chi connectivity index (χ1) is 21.5. The van der Waals surface area contributed by atoms with E-state index in [1.54, 1.807) is 44.2 Å². The second kappa shape index (κ2) is 19.5. The molecule has 1 aromatic rings. The van der Waals surface area contributed by atoms with E-state index in [0.29, 0.717) is 5.56 Å². The van der Waals surface area contributed by atoms with E-state index in [1.807, 2.05) is 5.32 Å². The van der Waals surface area contributed by atoms with Gasteiger partial charge < -0.3 is 41.3 Å². The smallest absolute Gasteiger partial charge is 0.408 e. The topological polar surface area (TPSA) is 255 Å². The third kappa shape index (κ3) is 14.2. The maximum Gasteiger partial charge on any atom is 0.408 e. The Kier molecular flexibility index (Phi) is 16.5. The molecule has 0 saturated heterocycles. The van der Waals surface area contributed by atoms with Crippen molar-refractivity contribution in [2.24, 2.45) is 5.92 Å². The average molecular weight is 655 g/mol. The summed E-state index contributed by atoms with van der Waals surface area (Å²) in [5.74, 6) is -9.69. The number of carboxylic acid groups (broad SMARTS) is 2. The second-order valence-corrected chi connectivity index (χ2v) is 10.7. The fourth-order valence-electron chi connectivity index (χ4n) is 3.98. The summed E-state index contributed by atoms with van der Waals surface area (Å²) in [6, 6.07) is 1.87. The first-order valence-electron chi connectivity index (χ1n) is 14.2. The summed E-state index contributed by atoms with van der Waals surface area (Å²) in [7, 11) is 0. The SMILES string of the molecule is CC(C)C[C@H](NC(=O)OCc1ccccc1)C(=O)N[C@@H](CCC(=O)O)C(=O)N[C@H](C(=O)N[C@@H](CC(=O)O)C(=O)C(=O)CF)[C@@H](C)O. The molecule has 0 aliphatic rings. The standard InChI is InChI=1S/C29H39FN4O12/c1-15(2)11-20(33-29(45)46-14-17-7-5-4-6-8-17)27(43)31-18(9-10-22(37)38)26(42)34-24(16(3)35)28(44)32-19(12-23(39)40)25(41)21(36)13-30/h4-8,15-16,18-20,24,35H,9-14H2,1-3H3,(H,31,43)(H,32,44)(H,33,45)(H,34,42)(H,37,38)(H,39,40)/t16-,18+,19+,20+,24+/m1/s1. The molecular formula is C29H39FN4O12. The molecule has 16 nitrogen and oxygen atoms in total. The van der Waals surface area contributed by atoms with Crippen LogP contribution in [-0.2, 0) is 44.9 Å². The lowest BCUT2D eigenvalue weighted by Gasteiger charge is -2.27. The number of alkyl carbamates (subject to hydrolysis) is 1. The zero-order chi connectivity index (χ0) is 35.0. The molecule has 0 unspecified atom stereocenters. The molecule has 1 aromatic carbocycles. The van der Waals surface area contributed by atoms with Gasteiger partial charge in [-0.1, -0.05) is 44.2 Å². The number of aliphatic carboxylic acids is 2. The number of amides is 4. The summed E-state index contributed by atoms with van der Waals surface area (Å²) in [4.78, 5) is 97.8. The van der Waals surface area contributed by atoms with Gasteiger partial charge in [-0.3, -0.25) is 33.6 Å². The minimum Gasteiger partial charge on any atom is -0.481 e. The van der Waals surface area contributed by atoms with Gasteiger partial charge in [0.05, 0.1) is 12.5 Å². The van der Waals surface area contributed by atoms with E-state index in [1.165, 1.54) is 0 Å². The summed E-state index contributed by atoms with van der Waals surface area (Å²) in [6.07, 6.45) is -4.82. The minimum absolute atomic E-state index is 0.0782. The molecule has 0 radical (unpaired) electrons. The van der Waals surface area contributed by atoms with Crippen LogP contribution in [0, 0.1) is 5.92 Å². The molecular weight excluding hydrogens is 615 g/mol. The fourth-order valence-corrected chi connectivity index (χ4v) is 3.98. The van der Waals surface area contributed by atoms with Gasteiger partial charge in [0.25, 0.3) is 0 Å². The van der Waals surface area contributed by atoms with Gasteiger partial charge in [-0.15, -0.1) is 0 Å². The van der Waals surface area contributed by atoms with Crippen molar-refractivity contribution in [2.75, 3.05) is 6.67 Å². The Balaban J connectivity index is 3.12. The maximum atomic E-state index is 13.2. The third-order valence-corrected chi connectivity index (χ3v) is 6.28. The van der Waals surface area contributed by atoms with Gasteiger partial charge in [-0.25, -0.2) is 9.18 Å². The minimum atomic E-state index is -2.03. The number of carbonyl (C=O) groups is 8. The normalized spacial score (nSPS) is 14.0. The Morgan fingerprint density at radius 2 is 1.37 bits per heavy atom. The second-order valence-electron chi connectivity index (χ2n) is 10.7. The van der Waals surface area contributed by atoms with E-state index in [-0.39, 0.29) is 18.9 Å². The van der Waals surface area contributed by atoms with Crippen LogP contribution >= 0.6 is 0 Å². The molecule has 0 bridgehead atoms. The quantitative estimate of drug-likeness (QED) is 0.0888. The van der Waals surface area contributed by atoms with Crippen molar-refractivity contribution in [2.45, 2.75) is 83.3 Å². The maximum absolute atomic E-state index is 13.2. The van der Waals surface area contributed by atoms with E-state index in [2.05, 4.69) is 16.0 Å². The summed E-state index contributed by atoms with van der Waals surface area (Å²) in [5.41, 5.74) is 0.678. The summed E-state index contributed by atoms with van der Waals surface area (Å²) in [5, 5.41) is 37.1. The van der Waals surface area contributed by atoms with Crippen molar-refractivity contribution in [3.8, 4) is 0 Å². The molecule has 0 aliphatic carbocycles. The Hall–Kier alpha value is -4.93. The first-order valence-corrected chi connectivity index (χ1v) is 14.2. The van der Waals surface area contributed by atoms with Gasteiger partial charge in [0.1, 0.15) is 30.8 Å². The monoisotopic (exact) mass is 654 g/mol. The lowest BCUT2D eigenvalue weighted by Crippen LogP contribution is -2.60. The molecule has 5 atom stereocenters. The first kappa shape index (κ1) is 39.1. The molecule has 7 N–H and O–H groups in total. The highest BCUT2D eigenvalue weighted by Crippen LogP contribution is 2.09. The number of benzene rings is 1. The van der Waals surface area contributed by atoms with E-state index in [4.69, 9.17) is 14.9 Å². The Labute approximate surface area is 263 Å². The van der Waals surface area contributed by atoms with Crippen LogP contribution in [0.3, 0.4) is 0 Å². The number of hydrogen-bond donors (Lipinski definition) is 7. The largest absolute Gasteiger partial charge is 0.481 e. The van der Waals surface area contributed by atoms with Gasteiger partial charge in [-0.2, -0.15) is 0 Å². The highest BCUT2D eigenvalue weighted by atomic mass is 19.1. The van der Waals surface area contributed by atoms with Gasteiger partial charge in [0.2, 0.25) is 29.3 Å². The van der Waals surface area contributed by atoms with Crippen LogP contribution in [0.15, 0.2) is 30.3 Å². The lowest BCUT2D eigenvalue weighted by molar-refractivity contribution is -0.144. The molecule has 0 heterocycles. The van der Waals surface area contributed by atoms with Crippen LogP contribution < -0.4 is 21.3 Å². The zero-order valence-electron chi connectivity index (χ0n) is 25.5. The number of Topliss-reactive ketones (excluding diaryl/α,β-unsaturated/α-hetero) is 2. The lowest BCUT2D eigenvalue weighted by atomic mass is 10.0.